The number of anilines is 1. The summed E-state index contributed by atoms with van der Waals surface area (Å²) >= 11 is 0. The highest BCUT2D eigenvalue weighted by atomic mass is 16.2. The summed E-state index contributed by atoms with van der Waals surface area (Å²) in [4.78, 5) is 15.7. The van der Waals surface area contributed by atoms with Gasteiger partial charge in [0.2, 0.25) is 5.91 Å². The van der Waals surface area contributed by atoms with Crippen LogP contribution in [0.5, 0.6) is 0 Å². The molecule has 3 N–H and O–H groups in total. The lowest BCUT2D eigenvalue weighted by Crippen LogP contribution is -2.35. The van der Waals surface area contributed by atoms with Crippen LogP contribution in [0.3, 0.4) is 0 Å². The fourth-order valence-corrected chi connectivity index (χ4v) is 1.87. The van der Waals surface area contributed by atoms with Gasteiger partial charge in [0.15, 0.2) is 0 Å². The molecule has 1 heterocycles. The number of rotatable bonds is 6. The molecular formula is C14H19N5O. The van der Waals surface area contributed by atoms with Gasteiger partial charge in [-0.05, 0) is 24.1 Å². The van der Waals surface area contributed by atoms with Crippen molar-refractivity contribution < 1.29 is 4.79 Å². The van der Waals surface area contributed by atoms with Gasteiger partial charge in [-0.15, -0.1) is 0 Å². The molecule has 20 heavy (non-hydrogen) atoms. The van der Waals surface area contributed by atoms with Crippen LogP contribution in [-0.2, 0) is 11.3 Å². The number of nitrogens with one attached hydrogen (secondary N) is 1. The number of amides is 1. The summed E-state index contributed by atoms with van der Waals surface area (Å²) in [6.45, 7) is 2.66. The molecule has 0 aliphatic carbocycles. The van der Waals surface area contributed by atoms with E-state index in [9.17, 15) is 4.79 Å². The minimum Gasteiger partial charge on any atom is -0.325 e. The van der Waals surface area contributed by atoms with E-state index in [0.717, 1.165) is 17.7 Å². The Morgan fingerprint density at radius 2 is 2.15 bits per heavy atom. The number of nitrogens with zero attached hydrogens (tertiary/aromatic N) is 3. The number of hydrogen-bond donors (Lipinski definition) is 2. The van der Waals surface area contributed by atoms with Gasteiger partial charge in [-0.3, -0.25) is 4.79 Å². The van der Waals surface area contributed by atoms with Crippen molar-refractivity contribution in [3.05, 3.63) is 42.5 Å². The molecule has 0 aliphatic heterocycles. The fourth-order valence-electron chi connectivity index (χ4n) is 1.87. The van der Waals surface area contributed by atoms with Crippen molar-refractivity contribution in [1.29, 1.82) is 0 Å². The highest BCUT2D eigenvalue weighted by Gasteiger charge is 2.11. The van der Waals surface area contributed by atoms with Crippen molar-refractivity contribution in [2.45, 2.75) is 32.4 Å². The van der Waals surface area contributed by atoms with E-state index in [-0.39, 0.29) is 5.91 Å². The lowest BCUT2D eigenvalue weighted by molar-refractivity contribution is -0.117. The van der Waals surface area contributed by atoms with E-state index in [2.05, 4.69) is 15.4 Å². The second kappa shape index (κ2) is 6.81. The van der Waals surface area contributed by atoms with E-state index in [1.54, 1.807) is 11.0 Å². The summed E-state index contributed by atoms with van der Waals surface area (Å²) < 4.78 is 1.74. The van der Waals surface area contributed by atoms with Crippen LogP contribution in [0.2, 0.25) is 0 Å². The maximum atomic E-state index is 11.8. The number of hydrogen-bond acceptors (Lipinski definition) is 4. The highest BCUT2D eigenvalue weighted by molar-refractivity contribution is 5.94. The average molecular weight is 273 g/mol. The molecule has 1 amide bonds. The van der Waals surface area contributed by atoms with Crippen molar-refractivity contribution in [3.8, 4) is 0 Å². The van der Waals surface area contributed by atoms with Crippen molar-refractivity contribution >= 4 is 11.6 Å². The van der Waals surface area contributed by atoms with E-state index in [1.165, 1.54) is 6.33 Å². The van der Waals surface area contributed by atoms with Gasteiger partial charge >= 0.3 is 0 Å². The van der Waals surface area contributed by atoms with Crippen molar-refractivity contribution in [3.63, 3.8) is 0 Å². The van der Waals surface area contributed by atoms with E-state index >= 15 is 0 Å². The van der Waals surface area contributed by atoms with Gasteiger partial charge in [-0.2, -0.15) is 5.10 Å². The first-order valence-corrected chi connectivity index (χ1v) is 6.67. The minimum atomic E-state index is -0.449. The topological polar surface area (TPSA) is 85.8 Å². The van der Waals surface area contributed by atoms with E-state index < -0.39 is 6.04 Å². The molecule has 1 aromatic carbocycles. The number of aromatic nitrogens is 3. The largest absolute Gasteiger partial charge is 0.325 e. The predicted octanol–water partition coefficient (Wildman–Crippen LogP) is 1.39. The molecule has 1 atom stereocenters. The zero-order valence-electron chi connectivity index (χ0n) is 11.5. The summed E-state index contributed by atoms with van der Waals surface area (Å²) in [6.07, 6.45) is 4.75. The SMILES string of the molecule is CCC[C@H](N)C(=O)Nc1ccc(Cn2cncn2)cc1. The minimum absolute atomic E-state index is 0.143. The Balaban J connectivity index is 1.93. The Morgan fingerprint density at radius 1 is 1.40 bits per heavy atom. The number of benzene rings is 1. The maximum Gasteiger partial charge on any atom is 0.241 e. The van der Waals surface area contributed by atoms with Crippen molar-refractivity contribution in [1.82, 2.24) is 14.8 Å². The summed E-state index contributed by atoms with van der Waals surface area (Å²) in [5, 5.41) is 6.86. The lowest BCUT2D eigenvalue weighted by atomic mass is 10.1. The van der Waals surface area contributed by atoms with Crippen LogP contribution in [-0.4, -0.2) is 26.7 Å². The lowest BCUT2D eigenvalue weighted by Gasteiger charge is -2.11. The Hall–Kier alpha value is -2.21. The molecular weight excluding hydrogens is 254 g/mol. The molecule has 0 spiro atoms. The predicted molar refractivity (Wildman–Crippen MR) is 77.1 cm³/mol. The molecule has 1 aromatic heterocycles. The average Bonchev–Trinajstić information content (AvgIpc) is 2.94. The summed E-state index contributed by atoms with van der Waals surface area (Å²) in [7, 11) is 0. The molecule has 0 fully saturated rings. The van der Waals surface area contributed by atoms with Crippen LogP contribution in [0.15, 0.2) is 36.9 Å². The molecule has 0 radical (unpaired) electrons. The molecule has 6 nitrogen and oxygen atoms in total. The second-order valence-corrected chi connectivity index (χ2v) is 4.67. The monoisotopic (exact) mass is 273 g/mol. The van der Waals surface area contributed by atoms with Crippen LogP contribution in [0.25, 0.3) is 0 Å². The Labute approximate surface area is 118 Å². The second-order valence-electron chi connectivity index (χ2n) is 4.67. The maximum absolute atomic E-state index is 11.8. The summed E-state index contributed by atoms with van der Waals surface area (Å²) in [5.41, 5.74) is 7.61. The van der Waals surface area contributed by atoms with E-state index in [1.807, 2.05) is 31.2 Å². The normalized spacial score (nSPS) is 12.1. The summed E-state index contributed by atoms with van der Waals surface area (Å²) in [5.74, 6) is -0.143. The zero-order chi connectivity index (χ0) is 14.4. The Bertz CT molecular complexity index is 535. The van der Waals surface area contributed by atoms with Crippen LogP contribution < -0.4 is 11.1 Å². The van der Waals surface area contributed by atoms with Crippen LogP contribution >= 0.6 is 0 Å². The first kappa shape index (κ1) is 14.2. The van der Waals surface area contributed by atoms with Crippen LogP contribution in [0.1, 0.15) is 25.3 Å². The standard InChI is InChI=1S/C14H19N5O/c1-2-3-13(15)14(20)18-12-6-4-11(5-7-12)8-19-10-16-9-17-19/h4-7,9-10,13H,2-3,8,15H2,1H3,(H,18,20)/t13-/m0/s1. The molecule has 6 heteroatoms. The number of carbonyl (C=O) groups excluding carboxylic acids is 1. The number of nitrogens with two attached hydrogens (primary N) is 1. The van der Waals surface area contributed by atoms with Gasteiger partial charge in [0.05, 0.1) is 12.6 Å². The van der Waals surface area contributed by atoms with Gasteiger partial charge in [-0.1, -0.05) is 25.5 Å². The molecule has 2 rings (SSSR count). The van der Waals surface area contributed by atoms with Gasteiger partial charge < -0.3 is 11.1 Å². The van der Waals surface area contributed by atoms with E-state index in [0.29, 0.717) is 13.0 Å². The summed E-state index contributed by atoms with van der Waals surface area (Å²) in [6, 6.07) is 7.17. The molecule has 0 saturated carbocycles. The Kier molecular flexibility index (Phi) is 4.84. The highest BCUT2D eigenvalue weighted by Crippen LogP contribution is 2.11. The molecule has 106 valence electrons. The molecule has 0 unspecified atom stereocenters. The molecule has 2 aromatic rings. The first-order valence-electron chi connectivity index (χ1n) is 6.67. The van der Waals surface area contributed by atoms with Crippen LogP contribution in [0.4, 0.5) is 5.69 Å². The first-order chi connectivity index (χ1) is 9.69. The molecule has 0 bridgehead atoms. The van der Waals surface area contributed by atoms with Crippen molar-refractivity contribution in [2.75, 3.05) is 5.32 Å². The number of carbonyl (C=O) groups is 1. The van der Waals surface area contributed by atoms with E-state index in [4.69, 9.17) is 5.73 Å². The fraction of sp³-hybridized carbons (Fsp3) is 0.357. The quantitative estimate of drug-likeness (QED) is 0.832. The molecule has 0 aliphatic rings. The smallest absolute Gasteiger partial charge is 0.241 e. The third-order valence-electron chi connectivity index (χ3n) is 2.97. The van der Waals surface area contributed by atoms with Crippen LogP contribution in [0, 0.1) is 0 Å². The Morgan fingerprint density at radius 3 is 2.75 bits per heavy atom. The van der Waals surface area contributed by atoms with Gasteiger partial charge in [0.25, 0.3) is 0 Å². The van der Waals surface area contributed by atoms with Crippen molar-refractivity contribution in [2.24, 2.45) is 5.73 Å². The molecule has 0 saturated heterocycles. The zero-order valence-corrected chi connectivity index (χ0v) is 11.5. The van der Waals surface area contributed by atoms with Gasteiger partial charge in [0.1, 0.15) is 12.7 Å². The third-order valence-corrected chi connectivity index (χ3v) is 2.97. The van der Waals surface area contributed by atoms with Gasteiger partial charge in [0, 0.05) is 5.69 Å². The third kappa shape index (κ3) is 3.89. The van der Waals surface area contributed by atoms with Gasteiger partial charge in [-0.25, -0.2) is 9.67 Å².